The van der Waals surface area contributed by atoms with Crippen molar-refractivity contribution in [2.24, 2.45) is 17.8 Å². The third-order valence-electron chi connectivity index (χ3n) is 9.99. The van der Waals surface area contributed by atoms with Crippen LogP contribution in [0.3, 0.4) is 0 Å². The first kappa shape index (κ1) is 28.7. The molecule has 1 saturated carbocycles. The molecule has 0 amide bonds. The molecule has 0 N–H and O–H groups in total. The molecule has 0 aromatic rings. The Morgan fingerprint density at radius 3 is 1.57 bits per heavy atom. The molecule has 4 atom stereocenters. The van der Waals surface area contributed by atoms with Gasteiger partial charge in [-0.25, -0.2) is 0 Å². The van der Waals surface area contributed by atoms with Crippen molar-refractivity contribution in [2.75, 3.05) is 39.4 Å². The van der Waals surface area contributed by atoms with Crippen LogP contribution in [0.2, 0.25) is 0 Å². The molecule has 4 unspecified atom stereocenters. The zero-order chi connectivity index (χ0) is 27.6. The maximum atomic E-state index is 10.6. The largest absolute Gasteiger partial charge is 0.298 e. The summed E-state index contributed by atoms with van der Waals surface area (Å²) >= 11 is 0. The van der Waals surface area contributed by atoms with Crippen molar-refractivity contribution in [3.05, 3.63) is 0 Å². The fraction of sp³-hybridized carbons (Fsp3) is 0.931. The standard InChI is InChI=1S/C29H50N6O2/c1-11-17-36-34-25(3,4)21(19-30)24(28(34,9)10)32-13-15-33(16-14-32)29(20-31)22-23(29)27(7,8)35(26(22,5)6)37-18-12-2/h21-24H,11-18H2,1-10H3. The predicted octanol–water partition coefficient (Wildman–Crippen LogP) is 4.05. The highest BCUT2D eigenvalue weighted by molar-refractivity contribution is 5.42. The fourth-order valence-corrected chi connectivity index (χ4v) is 8.94. The summed E-state index contributed by atoms with van der Waals surface area (Å²) in [5.74, 6) is 0.323. The summed E-state index contributed by atoms with van der Waals surface area (Å²) in [4.78, 5) is 17.5. The molecule has 8 nitrogen and oxygen atoms in total. The molecule has 4 fully saturated rings. The first-order chi connectivity index (χ1) is 17.2. The highest BCUT2D eigenvalue weighted by Crippen LogP contribution is 2.71. The number of rotatable bonds is 8. The molecule has 1 aliphatic carbocycles. The van der Waals surface area contributed by atoms with Crippen molar-refractivity contribution >= 4 is 0 Å². The number of nitrogens with zero attached hydrogens (tertiary/aromatic N) is 6. The summed E-state index contributed by atoms with van der Waals surface area (Å²) < 4.78 is 0. The van der Waals surface area contributed by atoms with Crippen LogP contribution < -0.4 is 0 Å². The minimum atomic E-state index is -0.458. The van der Waals surface area contributed by atoms with Crippen molar-refractivity contribution in [2.45, 2.75) is 116 Å². The number of piperidine rings is 1. The normalized spacial score (nSPS) is 38.7. The van der Waals surface area contributed by atoms with Gasteiger partial charge in [-0.2, -0.15) is 20.7 Å². The summed E-state index contributed by atoms with van der Waals surface area (Å²) in [6, 6.07) is 5.54. The quantitative estimate of drug-likeness (QED) is 0.480. The molecule has 4 aliphatic rings. The van der Waals surface area contributed by atoms with Gasteiger partial charge in [-0.05, 0) is 68.2 Å². The summed E-state index contributed by atoms with van der Waals surface area (Å²) in [6.45, 7) is 26.7. The third-order valence-corrected chi connectivity index (χ3v) is 9.99. The van der Waals surface area contributed by atoms with E-state index in [1.807, 2.05) is 0 Å². The van der Waals surface area contributed by atoms with Gasteiger partial charge in [0, 0.05) is 55.1 Å². The van der Waals surface area contributed by atoms with Crippen LogP contribution in [0.1, 0.15) is 82.1 Å². The summed E-state index contributed by atoms with van der Waals surface area (Å²) in [7, 11) is 0. The Bertz CT molecular complexity index is 917. The molecule has 0 spiro atoms. The number of nitriles is 2. The van der Waals surface area contributed by atoms with E-state index >= 15 is 0 Å². The topological polar surface area (TPSA) is 79.0 Å². The van der Waals surface area contributed by atoms with Gasteiger partial charge in [0.25, 0.3) is 0 Å². The predicted molar refractivity (Wildman–Crippen MR) is 144 cm³/mol. The Hall–Kier alpha value is -1.26. The van der Waals surface area contributed by atoms with E-state index in [1.165, 1.54) is 0 Å². The monoisotopic (exact) mass is 514 g/mol. The van der Waals surface area contributed by atoms with Crippen LogP contribution in [-0.2, 0) is 9.68 Å². The summed E-state index contributed by atoms with van der Waals surface area (Å²) in [5.41, 5.74) is -1.56. The number of hydrogen-bond donors (Lipinski definition) is 0. The molecule has 0 aromatic heterocycles. The number of hydroxylamine groups is 4. The van der Waals surface area contributed by atoms with E-state index in [4.69, 9.17) is 9.68 Å². The molecule has 37 heavy (non-hydrogen) atoms. The second-order valence-electron chi connectivity index (χ2n) is 13.8. The van der Waals surface area contributed by atoms with Crippen LogP contribution in [0.5, 0.6) is 0 Å². The van der Waals surface area contributed by atoms with Gasteiger partial charge in [0.15, 0.2) is 0 Å². The second kappa shape index (κ2) is 9.44. The van der Waals surface area contributed by atoms with Gasteiger partial charge in [0.1, 0.15) is 5.54 Å². The lowest BCUT2D eigenvalue weighted by Gasteiger charge is -2.49. The van der Waals surface area contributed by atoms with E-state index in [1.54, 1.807) is 0 Å². The van der Waals surface area contributed by atoms with Gasteiger partial charge in [-0.1, -0.05) is 13.8 Å². The van der Waals surface area contributed by atoms with Crippen LogP contribution in [0, 0.1) is 40.4 Å². The van der Waals surface area contributed by atoms with E-state index in [2.05, 4.69) is 101 Å². The highest BCUT2D eigenvalue weighted by Gasteiger charge is 2.84. The van der Waals surface area contributed by atoms with Crippen LogP contribution in [-0.4, -0.2) is 93.1 Å². The van der Waals surface area contributed by atoms with Crippen LogP contribution in [0.25, 0.3) is 0 Å². The van der Waals surface area contributed by atoms with Gasteiger partial charge < -0.3 is 0 Å². The number of piperazine rings is 1. The van der Waals surface area contributed by atoms with Crippen molar-refractivity contribution in [3.63, 3.8) is 0 Å². The average Bonchev–Trinajstić information content (AvgIpc) is 3.47. The van der Waals surface area contributed by atoms with Crippen molar-refractivity contribution in [3.8, 4) is 12.1 Å². The van der Waals surface area contributed by atoms with Gasteiger partial charge >= 0.3 is 0 Å². The van der Waals surface area contributed by atoms with E-state index in [9.17, 15) is 10.5 Å². The van der Waals surface area contributed by atoms with Crippen molar-refractivity contribution in [1.82, 2.24) is 19.9 Å². The lowest BCUT2D eigenvalue weighted by atomic mass is 9.82. The molecule has 0 radical (unpaired) electrons. The second-order valence-corrected chi connectivity index (χ2v) is 13.8. The van der Waals surface area contributed by atoms with Gasteiger partial charge in [-0.3, -0.25) is 19.5 Å². The lowest BCUT2D eigenvalue weighted by molar-refractivity contribution is -0.259. The molecule has 4 rings (SSSR count). The first-order valence-electron chi connectivity index (χ1n) is 14.4. The molecular formula is C29H50N6O2. The lowest BCUT2D eigenvalue weighted by Crippen LogP contribution is -2.63. The molecule has 0 aromatic carbocycles. The smallest absolute Gasteiger partial charge is 0.119 e. The Balaban J connectivity index is 1.53. The summed E-state index contributed by atoms with van der Waals surface area (Å²) in [6.07, 6.45) is 1.91. The molecule has 3 heterocycles. The zero-order valence-electron chi connectivity index (χ0n) is 25.0. The minimum absolute atomic E-state index is 0.0639. The molecular weight excluding hydrogens is 464 g/mol. The Morgan fingerprint density at radius 2 is 1.16 bits per heavy atom. The Kier molecular flexibility index (Phi) is 7.33. The SMILES string of the molecule is CCCON1C(C)(C)C(C#N)C(N2CCN(C3(C#N)C4C3C(C)(C)N(OCCC)C4(C)C)CC2)C1(C)C. The van der Waals surface area contributed by atoms with E-state index in [0.717, 1.165) is 39.0 Å². The molecule has 208 valence electrons. The maximum Gasteiger partial charge on any atom is 0.119 e. The van der Waals surface area contributed by atoms with Gasteiger partial charge in [0.05, 0.1) is 42.3 Å². The average molecular weight is 515 g/mol. The zero-order valence-corrected chi connectivity index (χ0v) is 25.0. The van der Waals surface area contributed by atoms with Gasteiger partial charge in [0.2, 0.25) is 0 Å². The van der Waals surface area contributed by atoms with E-state index in [-0.39, 0.29) is 46.0 Å². The van der Waals surface area contributed by atoms with E-state index < -0.39 is 5.54 Å². The third kappa shape index (κ3) is 3.90. The Labute approximate surface area is 225 Å². The minimum Gasteiger partial charge on any atom is -0.298 e. The van der Waals surface area contributed by atoms with Crippen molar-refractivity contribution in [1.29, 1.82) is 10.5 Å². The summed E-state index contributed by atoms with van der Waals surface area (Å²) in [5, 5.41) is 25.2. The van der Waals surface area contributed by atoms with Crippen molar-refractivity contribution < 1.29 is 9.68 Å². The number of hydrogen-bond acceptors (Lipinski definition) is 8. The molecule has 3 aliphatic heterocycles. The Morgan fingerprint density at radius 1 is 0.703 bits per heavy atom. The van der Waals surface area contributed by atoms with Gasteiger partial charge in [-0.15, -0.1) is 0 Å². The van der Waals surface area contributed by atoms with Crippen LogP contribution >= 0.6 is 0 Å². The number of fused-ring (bicyclic) bond motifs is 1. The molecule has 8 heteroatoms. The highest BCUT2D eigenvalue weighted by atomic mass is 16.7. The maximum absolute atomic E-state index is 10.6. The molecule has 0 bridgehead atoms. The molecule has 3 saturated heterocycles. The van der Waals surface area contributed by atoms with Crippen LogP contribution in [0.4, 0.5) is 0 Å². The first-order valence-corrected chi connectivity index (χ1v) is 14.4. The van der Waals surface area contributed by atoms with Crippen LogP contribution in [0.15, 0.2) is 0 Å². The van der Waals surface area contributed by atoms with E-state index in [0.29, 0.717) is 13.2 Å². The fourth-order valence-electron chi connectivity index (χ4n) is 8.94.